The van der Waals surface area contributed by atoms with Gasteiger partial charge in [0.25, 0.3) is 0 Å². The topological polar surface area (TPSA) is 139 Å². The standard InChI is InChI=1S/C25H23N7O2/c1-14(2)32-12-19(21-23(27)28-13-29-24(21)32)22(33)18-10-17(9-8-15(18)3)30-25(34)31-20-7-5-4-6-16(20)11-26/h4-10,12-14H,1-3H3,(H2,27,28,29)(H2,30,31,34). The second-order valence-electron chi connectivity index (χ2n) is 8.10. The number of hydrogen-bond donors (Lipinski definition) is 3. The number of aromatic nitrogens is 3. The lowest BCUT2D eigenvalue weighted by Crippen LogP contribution is -2.20. The molecular formula is C25H23N7O2. The monoisotopic (exact) mass is 453 g/mol. The number of benzene rings is 2. The van der Waals surface area contributed by atoms with Crippen molar-refractivity contribution in [2.45, 2.75) is 26.8 Å². The summed E-state index contributed by atoms with van der Waals surface area (Å²) < 4.78 is 1.89. The van der Waals surface area contributed by atoms with E-state index in [0.29, 0.717) is 39.1 Å². The number of para-hydroxylation sites is 1. The zero-order valence-electron chi connectivity index (χ0n) is 19.0. The fourth-order valence-corrected chi connectivity index (χ4v) is 3.74. The molecule has 0 radical (unpaired) electrons. The first-order valence-corrected chi connectivity index (χ1v) is 10.6. The van der Waals surface area contributed by atoms with Crippen LogP contribution in [0.4, 0.5) is 22.0 Å². The molecule has 0 aliphatic heterocycles. The molecule has 34 heavy (non-hydrogen) atoms. The number of amides is 2. The van der Waals surface area contributed by atoms with Crippen molar-refractivity contribution < 1.29 is 9.59 Å². The van der Waals surface area contributed by atoms with Gasteiger partial charge in [0.15, 0.2) is 5.78 Å². The van der Waals surface area contributed by atoms with Crippen LogP contribution in [0.25, 0.3) is 11.0 Å². The van der Waals surface area contributed by atoms with Crippen LogP contribution in [0.2, 0.25) is 0 Å². The summed E-state index contributed by atoms with van der Waals surface area (Å²) in [6.45, 7) is 5.80. The molecule has 4 N–H and O–H groups in total. The number of nitrogen functional groups attached to an aromatic ring is 1. The van der Waals surface area contributed by atoms with Crippen LogP contribution in [0, 0.1) is 18.3 Å². The SMILES string of the molecule is Cc1ccc(NC(=O)Nc2ccccc2C#N)cc1C(=O)c1cn(C(C)C)c2ncnc(N)c12. The quantitative estimate of drug-likeness (QED) is 0.376. The number of anilines is 3. The van der Waals surface area contributed by atoms with E-state index >= 15 is 0 Å². The van der Waals surface area contributed by atoms with Gasteiger partial charge in [-0.1, -0.05) is 18.2 Å². The molecule has 0 saturated heterocycles. The lowest BCUT2D eigenvalue weighted by atomic mass is 9.98. The number of rotatable bonds is 5. The molecule has 9 nitrogen and oxygen atoms in total. The zero-order chi connectivity index (χ0) is 24.4. The van der Waals surface area contributed by atoms with Crippen molar-refractivity contribution >= 4 is 40.0 Å². The van der Waals surface area contributed by atoms with Crippen molar-refractivity contribution in [3.63, 3.8) is 0 Å². The Morgan fingerprint density at radius 3 is 2.59 bits per heavy atom. The Kier molecular flexibility index (Phi) is 5.97. The fraction of sp³-hybridized carbons (Fsp3) is 0.160. The first-order valence-electron chi connectivity index (χ1n) is 10.6. The zero-order valence-corrected chi connectivity index (χ0v) is 19.0. The van der Waals surface area contributed by atoms with Crippen LogP contribution in [0.3, 0.4) is 0 Å². The van der Waals surface area contributed by atoms with Crippen molar-refractivity contribution in [3.8, 4) is 6.07 Å². The Morgan fingerprint density at radius 1 is 1.09 bits per heavy atom. The lowest BCUT2D eigenvalue weighted by Gasteiger charge is -2.11. The normalized spacial score (nSPS) is 10.8. The highest BCUT2D eigenvalue weighted by Crippen LogP contribution is 2.30. The third kappa shape index (κ3) is 4.17. The van der Waals surface area contributed by atoms with Gasteiger partial charge < -0.3 is 20.9 Å². The third-order valence-electron chi connectivity index (χ3n) is 5.48. The van der Waals surface area contributed by atoms with E-state index in [-0.39, 0.29) is 17.6 Å². The lowest BCUT2D eigenvalue weighted by molar-refractivity contribution is 0.103. The molecule has 2 heterocycles. The van der Waals surface area contributed by atoms with E-state index in [2.05, 4.69) is 20.6 Å². The molecule has 2 aromatic heterocycles. The highest BCUT2D eigenvalue weighted by molar-refractivity contribution is 6.19. The Balaban J connectivity index is 1.66. The van der Waals surface area contributed by atoms with Gasteiger partial charge >= 0.3 is 6.03 Å². The maximum atomic E-state index is 13.6. The highest BCUT2D eigenvalue weighted by Gasteiger charge is 2.23. The van der Waals surface area contributed by atoms with Gasteiger partial charge in [-0.2, -0.15) is 5.26 Å². The number of ketones is 1. The summed E-state index contributed by atoms with van der Waals surface area (Å²) in [7, 11) is 0. The molecule has 0 spiro atoms. The van der Waals surface area contributed by atoms with E-state index in [0.717, 1.165) is 5.56 Å². The Bertz CT molecular complexity index is 1460. The molecule has 0 aliphatic carbocycles. The number of urea groups is 1. The second kappa shape index (κ2) is 9.03. The molecule has 0 fully saturated rings. The summed E-state index contributed by atoms with van der Waals surface area (Å²) in [6.07, 6.45) is 3.12. The van der Waals surface area contributed by atoms with E-state index in [9.17, 15) is 14.9 Å². The Hall–Kier alpha value is -4.71. The van der Waals surface area contributed by atoms with Gasteiger partial charge in [-0.25, -0.2) is 14.8 Å². The van der Waals surface area contributed by atoms with Crippen LogP contribution < -0.4 is 16.4 Å². The summed E-state index contributed by atoms with van der Waals surface area (Å²) in [5, 5.41) is 15.1. The number of hydrogen-bond acceptors (Lipinski definition) is 6. The van der Waals surface area contributed by atoms with Gasteiger partial charge in [0.05, 0.1) is 22.2 Å². The van der Waals surface area contributed by atoms with Crippen LogP contribution in [0.15, 0.2) is 55.0 Å². The maximum absolute atomic E-state index is 13.6. The van der Waals surface area contributed by atoms with Gasteiger partial charge in [-0.05, 0) is 50.6 Å². The van der Waals surface area contributed by atoms with E-state index in [1.54, 1.807) is 48.7 Å². The van der Waals surface area contributed by atoms with Crippen LogP contribution in [-0.2, 0) is 0 Å². The van der Waals surface area contributed by atoms with Crippen LogP contribution >= 0.6 is 0 Å². The van der Waals surface area contributed by atoms with Crippen molar-refractivity contribution in [3.05, 3.63) is 77.2 Å². The maximum Gasteiger partial charge on any atom is 0.323 e. The largest absolute Gasteiger partial charge is 0.383 e. The number of carbonyl (C=O) groups is 2. The molecule has 4 aromatic rings. The minimum atomic E-state index is -0.529. The molecule has 9 heteroatoms. The van der Waals surface area contributed by atoms with Gasteiger partial charge in [-0.3, -0.25) is 4.79 Å². The molecule has 0 atom stereocenters. The summed E-state index contributed by atoms with van der Waals surface area (Å²) in [6, 6.07) is 13.3. The number of aryl methyl sites for hydroxylation is 1. The summed E-state index contributed by atoms with van der Waals surface area (Å²) in [5.74, 6) is -0.0162. The number of nitrogens with zero attached hydrogens (tertiary/aromatic N) is 4. The molecule has 2 amide bonds. The average Bonchev–Trinajstić information content (AvgIpc) is 3.21. The van der Waals surface area contributed by atoms with Crippen molar-refractivity contribution in [2.24, 2.45) is 0 Å². The van der Waals surface area contributed by atoms with Crippen molar-refractivity contribution in [1.82, 2.24) is 14.5 Å². The minimum absolute atomic E-state index is 0.0624. The molecule has 0 unspecified atom stereocenters. The number of fused-ring (bicyclic) bond motifs is 1. The molecular weight excluding hydrogens is 430 g/mol. The van der Waals surface area contributed by atoms with Crippen molar-refractivity contribution in [1.29, 1.82) is 5.26 Å². The van der Waals surface area contributed by atoms with Gasteiger partial charge in [-0.15, -0.1) is 0 Å². The van der Waals surface area contributed by atoms with E-state index < -0.39 is 6.03 Å². The fourth-order valence-electron chi connectivity index (χ4n) is 3.74. The van der Waals surface area contributed by atoms with E-state index in [4.69, 9.17) is 5.73 Å². The Labute approximate surface area is 196 Å². The molecule has 0 aliphatic rings. The van der Waals surface area contributed by atoms with Gasteiger partial charge in [0.1, 0.15) is 23.9 Å². The van der Waals surface area contributed by atoms with Crippen LogP contribution in [0.5, 0.6) is 0 Å². The third-order valence-corrected chi connectivity index (χ3v) is 5.48. The number of carbonyl (C=O) groups excluding carboxylic acids is 2. The predicted octanol–water partition coefficient (Wildman–Crippen LogP) is 4.65. The van der Waals surface area contributed by atoms with Gasteiger partial charge in [0.2, 0.25) is 0 Å². The first-order chi connectivity index (χ1) is 16.3. The predicted molar refractivity (Wildman–Crippen MR) is 131 cm³/mol. The van der Waals surface area contributed by atoms with Crippen LogP contribution in [0.1, 0.15) is 46.9 Å². The Morgan fingerprint density at radius 2 is 1.85 bits per heavy atom. The first kappa shape index (κ1) is 22.5. The van der Waals surface area contributed by atoms with Crippen LogP contribution in [-0.4, -0.2) is 26.3 Å². The second-order valence-corrected chi connectivity index (χ2v) is 8.10. The highest BCUT2D eigenvalue weighted by atomic mass is 16.2. The summed E-state index contributed by atoms with van der Waals surface area (Å²) in [4.78, 5) is 34.5. The molecule has 2 aromatic carbocycles. The summed E-state index contributed by atoms with van der Waals surface area (Å²) in [5.41, 5.74) is 9.43. The van der Waals surface area contributed by atoms with Gasteiger partial charge in [0, 0.05) is 23.5 Å². The molecule has 0 bridgehead atoms. The van der Waals surface area contributed by atoms with E-state index in [1.165, 1.54) is 6.33 Å². The van der Waals surface area contributed by atoms with Crippen molar-refractivity contribution in [2.75, 3.05) is 16.4 Å². The number of nitrogens with two attached hydrogens (primary N) is 1. The summed E-state index contributed by atoms with van der Waals surface area (Å²) >= 11 is 0. The molecule has 170 valence electrons. The average molecular weight is 454 g/mol. The smallest absolute Gasteiger partial charge is 0.323 e. The minimum Gasteiger partial charge on any atom is -0.383 e. The molecule has 0 saturated carbocycles. The van der Waals surface area contributed by atoms with E-state index in [1.807, 2.05) is 31.4 Å². The number of nitrogens with one attached hydrogen (secondary N) is 2. The number of nitriles is 1. The molecule has 4 rings (SSSR count).